The summed E-state index contributed by atoms with van der Waals surface area (Å²) in [7, 11) is 1.65. The fourth-order valence-corrected chi connectivity index (χ4v) is 4.10. The fraction of sp³-hybridized carbons (Fsp3) is 0.619. The number of hydrogen-bond donors (Lipinski definition) is 0. The standard InChI is InChI=1S/C21H30N2O3/c1-15(2)12-20(24)23-13-18(16-6-8-17(26-3)9-7-16)19(14-23)21(25)22-10-4-5-11-22/h6-9,15,18-19H,4-5,10-14H2,1-3H3. The minimum absolute atomic E-state index is 0.0603. The first-order chi connectivity index (χ1) is 12.5. The van der Waals surface area contributed by atoms with Gasteiger partial charge in [-0.15, -0.1) is 0 Å². The van der Waals surface area contributed by atoms with Crippen molar-refractivity contribution in [1.29, 1.82) is 0 Å². The van der Waals surface area contributed by atoms with E-state index in [-0.39, 0.29) is 23.7 Å². The number of amides is 2. The quantitative estimate of drug-likeness (QED) is 0.813. The van der Waals surface area contributed by atoms with Crippen LogP contribution in [0, 0.1) is 11.8 Å². The SMILES string of the molecule is COc1ccc(C2CN(C(=O)CC(C)C)CC2C(=O)N2CCCC2)cc1. The Balaban J connectivity index is 1.81. The highest BCUT2D eigenvalue weighted by Gasteiger charge is 2.42. The van der Waals surface area contributed by atoms with Crippen LogP contribution >= 0.6 is 0 Å². The highest BCUT2D eigenvalue weighted by molar-refractivity contribution is 5.83. The monoisotopic (exact) mass is 358 g/mol. The molecule has 1 aromatic rings. The fourth-order valence-electron chi connectivity index (χ4n) is 4.10. The number of methoxy groups -OCH3 is 1. The van der Waals surface area contributed by atoms with Gasteiger partial charge in [-0.1, -0.05) is 26.0 Å². The molecule has 1 aromatic carbocycles. The molecule has 2 unspecified atom stereocenters. The highest BCUT2D eigenvalue weighted by Crippen LogP contribution is 2.36. The molecule has 2 atom stereocenters. The largest absolute Gasteiger partial charge is 0.497 e. The molecule has 0 radical (unpaired) electrons. The van der Waals surface area contributed by atoms with Gasteiger partial charge in [0.25, 0.3) is 0 Å². The van der Waals surface area contributed by atoms with Gasteiger partial charge in [-0.3, -0.25) is 9.59 Å². The Bertz CT molecular complexity index is 635. The number of ether oxygens (including phenoxy) is 1. The molecule has 5 nitrogen and oxygen atoms in total. The molecule has 26 heavy (non-hydrogen) atoms. The molecule has 0 N–H and O–H groups in total. The summed E-state index contributed by atoms with van der Waals surface area (Å²) in [4.78, 5) is 29.6. The Labute approximate surface area is 156 Å². The predicted octanol–water partition coefficient (Wildman–Crippen LogP) is 2.91. The van der Waals surface area contributed by atoms with Gasteiger partial charge < -0.3 is 14.5 Å². The number of hydrogen-bond acceptors (Lipinski definition) is 3. The van der Waals surface area contributed by atoms with E-state index in [0.717, 1.165) is 37.2 Å². The lowest BCUT2D eigenvalue weighted by atomic mass is 9.88. The van der Waals surface area contributed by atoms with Crippen molar-refractivity contribution in [2.24, 2.45) is 11.8 Å². The third kappa shape index (κ3) is 4.02. The minimum atomic E-state index is -0.141. The number of rotatable bonds is 5. The van der Waals surface area contributed by atoms with Crippen molar-refractivity contribution in [3.8, 4) is 5.75 Å². The second-order valence-corrected chi connectivity index (χ2v) is 7.92. The Kier molecular flexibility index (Phi) is 5.84. The number of carbonyl (C=O) groups excluding carboxylic acids is 2. The molecule has 2 fully saturated rings. The van der Waals surface area contributed by atoms with Crippen LogP contribution in [0.4, 0.5) is 0 Å². The average molecular weight is 358 g/mol. The van der Waals surface area contributed by atoms with Crippen molar-refractivity contribution in [1.82, 2.24) is 9.80 Å². The van der Waals surface area contributed by atoms with Crippen LogP contribution in [-0.2, 0) is 9.59 Å². The normalized spacial score (nSPS) is 22.9. The molecule has 2 aliphatic rings. The molecule has 0 aromatic heterocycles. The van der Waals surface area contributed by atoms with Crippen LogP contribution in [0.5, 0.6) is 5.75 Å². The summed E-state index contributed by atoms with van der Waals surface area (Å²) in [5.74, 6) is 1.43. The van der Waals surface area contributed by atoms with Gasteiger partial charge in [-0.2, -0.15) is 0 Å². The van der Waals surface area contributed by atoms with E-state index in [4.69, 9.17) is 4.74 Å². The summed E-state index contributed by atoms with van der Waals surface area (Å²) in [5.41, 5.74) is 1.11. The zero-order valence-corrected chi connectivity index (χ0v) is 16.1. The summed E-state index contributed by atoms with van der Waals surface area (Å²) < 4.78 is 5.25. The molecule has 142 valence electrons. The summed E-state index contributed by atoms with van der Waals surface area (Å²) in [5, 5.41) is 0. The smallest absolute Gasteiger partial charge is 0.228 e. The van der Waals surface area contributed by atoms with E-state index in [1.807, 2.05) is 34.1 Å². The van der Waals surface area contributed by atoms with Crippen LogP contribution in [0.2, 0.25) is 0 Å². The topological polar surface area (TPSA) is 49.9 Å². The molecular weight excluding hydrogens is 328 g/mol. The van der Waals surface area contributed by atoms with Crippen LogP contribution in [0.15, 0.2) is 24.3 Å². The summed E-state index contributed by atoms with van der Waals surface area (Å²) in [6, 6.07) is 7.94. The van der Waals surface area contributed by atoms with Gasteiger partial charge in [0.2, 0.25) is 11.8 Å². The van der Waals surface area contributed by atoms with E-state index in [9.17, 15) is 9.59 Å². The lowest BCUT2D eigenvalue weighted by Crippen LogP contribution is -2.37. The van der Waals surface area contributed by atoms with Crippen molar-refractivity contribution >= 4 is 11.8 Å². The highest BCUT2D eigenvalue weighted by atomic mass is 16.5. The molecule has 0 spiro atoms. The molecule has 2 amide bonds. The first-order valence-electron chi connectivity index (χ1n) is 9.70. The molecule has 2 heterocycles. The van der Waals surface area contributed by atoms with E-state index in [2.05, 4.69) is 13.8 Å². The maximum atomic E-state index is 13.1. The van der Waals surface area contributed by atoms with Gasteiger partial charge in [0.1, 0.15) is 5.75 Å². The van der Waals surface area contributed by atoms with Gasteiger partial charge in [-0.25, -0.2) is 0 Å². The van der Waals surface area contributed by atoms with E-state index in [1.165, 1.54) is 0 Å². The van der Waals surface area contributed by atoms with Gasteiger partial charge >= 0.3 is 0 Å². The van der Waals surface area contributed by atoms with Crippen molar-refractivity contribution in [2.45, 2.75) is 39.0 Å². The number of carbonyl (C=O) groups is 2. The van der Waals surface area contributed by atoms with Gasteiger partial charge in [0.15, 0.2) is 0 Å². The molecule has 0 aliphatic carbocycles. The van der Waals surface area contributed by atoms with Crippen molar-refractivity contribution in [2.75, 3.05) is 33.3 Å². The first kappa shape index (κ1) is 18.7. The third-order valence-corrected chi connectivity index (χ3v) is 5.53. The predicted molar refractivity (Wildman–Crippen MR) is 101 cm³/mol. The summed E-state index contributed by atoms with van der Waals surface area (Å²) in [6.07, 6.45) is 2.71. The second kappa shape index (κ2) is 8.11. The maximum absolute atomic E-state index is 13.1. The van der Waals surface area contributed by atoms with Gasteiger partial charge in [0.05, 0.1) is 13.0 Å². The molecule has 0 bridgehead atoms. The lowest BCUT2D eigenvalue weighted by molar-refractivity contribution is -0.135. The summed E-state index contributed by atoms with van der Waals surface area (Å²) >= 11 is 0. The van der Waals surface area contributed by atoms with Crippen molar-refractivity contribution in [3.63, 3.8) is 0 Å². The number of benzene rings is 1. The van der Waals surface area contributed by atoms with Crippen LogP contribution in [-0.4, -0.2) is 54.9 Å². The molecule has 2 saturated heterocycles. The molecule has 5 heteroatoms. The minimum Gasteiger partial charge on any atom is -0.497 e. The molecule has 3 rings (SSSR count). The Hall–Kier alpha value is -2.04. The second-order valence-electron chi connectivity index (χ2n) is 7.92. The molecular formula is C21H30N2O3. The van der Waals surface area contributed by atoms with Crippen LogP contribution in [0.3, 0.4) is 0 Å². The Morgan fingerprint density at radius 3 is 2.31 bits per heavy atom. The van der Waals surface area contributed by atoms with Crippen LogP contribution in [0.25, 0.3) is 0 Å². The van der Waals surface area contributed by atoms with Crippen LogP contribution < -0.4 is 4.74 Å². The Morgan fingerprint density at radius 2 is 1.73 bits per heavy atom. The van der Waals surface area contributed by atoms with Gasteiger partial charge in [0, 0.05) is 38.5 Å². The number of likely N-dealkylation sites (tertiary alicyclic amines) is 2. The zero-order chi connectivity index (χ0) is 18.7. The zero-order valence-electron chi connectivity index (χ0n) is 16.1. The maximum Gasteiger partial charge on any atom is 0.228 e. The first-order valence-corrected chi connectivity index (χ1v) is 9.70. The van der Waals surface area contributed by atoms with E-state index >= 15 is 0 Å². The number of nitrogens with zero attached hydrogens (tertiary/aromatic N) is 2. The van der Waals surface area contributed by atoms with E-state index < -0.39 is 0 Å². The van der Waals surface area contributed by atoms with E-state index in [0.29, 0.717) is 25.4 Å². The van der Waals surface area contributed by atoms with E-state index in [1.54, 1.807) is 7.11 Å². The van der Waals surface area contributed by atoms with Crippen molar-refractivity contribution < 1.29 is 14.3 Å². The van der Waals surface area contributed by atoms with Crippen LogP contribution in [0.1, 0.15) is 44.6 Å². The molecule has 2 aliphatic heterocycles. The molecule has 0 saturated carbocycles. The average Bonchev–Trinajstić information content (AvgIpc) is 3.30. The lowest BCUT2D eigenvalue weighted by Gasteiger charge is -2.24. The Morgan fingerprint density at radius 1 is 1.08 bits per heavy atom. The summed E-state index contributed by atoms with van der Waals surface area (Å²) in [6.45, 7) is 6.98. The van der Waals surface area contributed by atoms with Gasteiger partial charge in [-0.05, 0) is 36.5 Å². The van der Waals surface area contributed by atoms with Crippen molar-refractivity contribution in [3.05, 3.63) is 29.8 Å². The third-order valence-electron chi connectivity index (χ3n) is 5.53.